The Balaban J connectivity index is 1.94. The molecule has 26 heavy (non-hydrogen) atoms. The zero-order valence-corrected chi connectivity index (χ0v) is 15.3. The molecular formula is C19H17ClN4O2. The summed E-state index contributed by atoms with van der Waals surface area (Å²) in [5.74, 6) is 1.19. The summed E-state index contributed by atoms with van der Waals surface area (Å²) in [5.41, 5.74) is 5.31. The number of pyridine rings is 1. The summed E-state index contributed by atoms with van der Waals surface area (Å²) in [6.07, 6.45) is 1.57. The number of aryl methyl sites for hydroxylation is 1. The first-order chi connectivity index (χ1) is 12.6. The number of ether oxygens (including phenoxy) is 2. The summed E-state index contributed by atoms with van der Waals surface area (Å²) < 4.78 is 10.8. The molecular weight excluding hydrogens is 352 g/mol. The third kappa shape index (κ3) is 2.68. The second-order valence-electron chi connectivity index (χ2n) is 5.91. The zero-order chi connectivity index (χ0) is 18.3. The van der Waals surface area contributed by atoms with Gasteiger partial charge in [0.2, 0.25) is 0 Å². The van der Waals surface area contributed by atoms with Gasteiger partial charge in [0.1, 0.15) is 23.3 Å². The van der Waals surface area contributed by atoms with Gasteiger partial charge < -0.3 is 19.8 Å². The lowest BCUT2D eigenvalue weighted by molar-refractivity contribution is 0.405. The number of hydrogen-bond acceptors (Lipinski definition) is 5. The van der Waals surface area contributed by atoms with Crippen LogP contribution in [-0.2, 0) is 0 Å². The monoisotopic (exact) mass is 368 g/mol. The molecule has 2 heterocycles. The molecule has 6 nitrogen and oxygen atoms in total. The predicted octanol–water partition coefficient (Wildman–Crippen LogP) is 4.83. The Morgan fingerprint density at radius 1 is 1.00 bits per heavy atom. The van der Waals surface area contributed by atoms with Gasteiger partial charge in [-0.25, -0.2) is 9.97 Å². The summed E-state index contributed by atoms with van der Waals surface area (Å²) in [4.78, 5) is 12.1. The molecule has 4 rings (SSSR count). The van der Waals surface area contributed by atoms with Gasteiger partial charge in [0.05, 0.1) is 36.1 Å². The Bertz CT molecular complexity index is 1120. The normalized spacial score (nSPS) is 11.1. The first-order valence-corrected chi connectivity index (χ1v) is 8.40. The number of aromatic nitrogens is 3. The molecule has 0 saturated heterocycles. The standard InChI is InChI=1S/C19H17ClN4O2/c1-10-6-15(18-12(23-10)4-5-13-19(18)22-9-21-13)24-14-8-16(25-2)11(20)7-17(14)26-3/h4-9,23-24H,1-3H3. The molecule has 0 saturated carbocycles. The number of anilines is 2. The number of fused-ring (bicyclic) bond motifs is 3. The van der Waals surface area contributed by atoms with Crippen LogP contribution in [0.25, 0.3) is 21.9 Å². The maximum atomic E-state index is 6.21. The van der Waals surface area contributed by atoms with Gasteiger partial charge in [-0.2, -0.15) is 0 Å². The number of nitrogens with one attached hydrogen (secondary N) is 2. The van der Waals surface area contributed by atoms with Crippen molar-refractivity contribution in [2.24, 2.45) is 0 Å². The number of imidazole rings is 1. The van der Waals surface area contributed by atoms with Crippen molar-refractivity contribution in [3.05, 3.63) is 47.4 Å². The number of methoxy groups -OCH3 is 2. The van der Waals surface area contributed by atoms with E-state index < -0.39 is 0 Å². The van der Waals surface area contributed by atoms with Crippen molar-refractivity contribution in [3.8, 4) is 11.5 Å². The SMILES string of the molecule is COc1cc(Nc2cc(C)[nH]c3ccc4ncnc4c23)c(OC)cc1Cl. The number of aromatic amines is 1. The fourth-order valence-corrected chi connectivity index (χ4v) is 3.31. The molecule has 4 aromatic rings. The van der Waals surface area contributed by atoms with Crippen LogP contribution in [0.2, 0.25) is 5.02 Å². The van der Waals surface area contributed by atoms with Gasteiger partial charge in [-0.3, -0.25) is 0 Å². The molecule has 0 bridgehead atoms. The molecule has 2 N–H and O–H groups in total. The molecule has 0 amide bonds. The highest BCUT2D eigenvalue weighted by atomic mass is 35.5. The molecule has 0 radical (unpaired) electrons. The highest BCUT2D eigenvalue weighted by Crippen LogP contribution is 2.39. The van der Waals surface area contributed by atoms with Crippen LogP contribution in [0.15, 0.2) is 36.7 Å². The van der Waals surface area contributed by atoms with Crippen LogP contribution < -0.4 is 14.8 Å². The van der Waals surface area contributed by atoms with E-state index in [9.17, 15) is 0 Å². The highest BCUT2D eigenvalue weighted by Gasteiger charge is 2.14. The fraction of sp³-hybridized carbons (Fsp3) is 0.158. The molecule has 0 aliphatic heterocycles. The van der Waals surface area contributed by atoms with Crippen LogP contribution >= 0.6 is 11.6 Å². The Hall–Kier alpha value is -2.99. The van der Waals surface area contributed by atoms with Crippen molar-refractivity contribution in [1.29, 1.82) is 0 Å². The van der Waals surface area contributed by atoms with Crippen LogP contribution in [0.3, 0.4) is 0 Å². The van der Waals surface area contributed by atoms with Crippen LogP contribution in [-0.4, -0.2) is 29.2 Å². The summed E-state index contributed by atoms with van der Waals surface area (Å²) in [6.45, 7) is 2.01. The maximum absolute atomic E-state index is 6.21. The number of benzene rings is 2. The molecule has 0 fully saturated rings. The van der Waals surface area contributed by atoms with E-state index in [1.807, 2.05) is 31.2 Å². The number of rotatable bonds is 4. The maximum Gasteiger partial charge on any atom is 0.144 e. The number of H-pyrrole nitrogens is 1. The van der Waals surface area contributed by atoms with Gasteiger partial charge in [0.15, 0.2) is 0 Å². The molecule has 132 valence electrons. The first-order valence-electron chi connectivity index (χ1n) is 8.02. The minimum Gasteiger partial charge on any atom is -0.495 e. The van der Waals surface area contributed by atoms with Gasteiger partial charge in [-0.15, -0.1) is 0 Å². The van der Waals surface area contributed by atoms with Gasteiger partial charge in [-0.1, -0.05) is 11.6 Å². The summed E-state index contributed by atoms with van der Waals surface area (Å²) in [6, 6.07) is 9.53. The zero-order valence-electron chi connectivity index (χ0n) is 14.6. The lowest BCUT2D eigenvalue weighted by Crippen LogP contribution is -1.99. The topological polar surface area (TPSA) is 72.1 Å². The van der Waals surface area contributed by atoms with Crippen LogP contribution in [0.1, 0.15) is 5.69 Å². The van der Waals surface area contributed by atoms with Crippen molar-refractivity contribution in [3.63, 3.8) is 0 Å². The third-order valence-electron chi connectivity index (χ3n) is 4.25. The van der Waals surface area contributed by atoms with E-state index in [0.717, 1.165) is 39.0 Å². The average Bonchev–Trinajstić information content (AvgIpc) is 3.11. The Morgan fingerprint density at radius 2 is 1.81 bits per heavy atom. The second kappa shape index (κ2) is 6.38. The third-order valence-corrected chi connectivity index (χ3v) is 4.54. The van der Waals surface area contributed by atoms with Crippen LogP contribution in [0.5, 0.6) is 11.5 Å². The van der Waals surface area contributed by atoms with E-state index >= 15 is 0 Å². The molecule has 0 spiro atoms. The second-order valence-corrected chi connectivity index (χ2v) is 6.31. The lowest BCUT2D eigenvalue weighted by atomic mass is 10.1. The van der Waals surface area contributed by atoms with Gasteiger partial charge in [-0.05, 0) is 25.1 Å². The van der Waals surface area contributed by atoms with E-state index in [1.54, 1.807) is 26.6 Å². The summed E-state index contributed by atoms with van der Waals surface area (Å²) in [7, 11) is 3.18. The smallest absolute Gasteiger partial charge is 0.144 e. The van der Waals surface area contributed by atoms with E-state index in [1.165, 1.54) is 0 Å². The fourth-order valence-electron chi connectivity index (χ4n) is 3.08. The Kier molecular flexibility index (Phi) is 4.05. The minimum absolute atomic E-state index is 0.488. The summed E-state index contributed by atoms with van der Waals surface area (Å²) in [5, 5.41) is 4.89. The predicted molar refractivity (Wildman–Crippen MR) is 104 cm³/mol. The number of hydrogen-bond donors (Lipinski definition) is 2. The van der Waals surface area contributed by atoms with E-state index in [0.29, 0.717) is 16.5 Å². The van der Waals surface area contributed by atoms with E-state index in [2.05, 4.69) is 20.3 Å². The molecule has 2 aromatic carbocycles. The van der Waals surface area contributed by atoms with E-state index in [4.69, 9.17) is 21.1 Å². The molecule has 0 unspecified atom stereocenters. The minimum atomic E-state index is 0.488. The first kappa shape index (κ1) is 16.5. The Morgan fingerprint density at radius 3 is 2.58 bits per heavy atom. The summed E-state index contributed by atoms with van der Waals surface area (Å²) >= 11 is 6.21. The quantitative estimate of drug-likeness (QED) is 0.539. The van der Waals surface area contributed by atoms with Gasteiger partial charge in [0.25, 0.3) is 0 Å². The molecule has 0 aliphatic rings. The average molecular weight is 369 g/mol. The van der Waals surface area contributed by atoms with Gasteiger partial charge >= 0.3 is 0 Å². The van der Waals surface area contributed by atoms with Crippen molar-refractivity contribution >= 4 is 44.9 Å². The number of halogens is 1. The van der Waals surface area contributed by atoms with Crippen LogP contribution in [0, 0.1) is 6.92 Å². The van der Waals surface area contributed by atoms with Crippen molar-refractivity contribution in [2.45, 2.75) is 6.92 Å². The largest absolute Gasteiger partial charge is 0.495 e. The van der Waals surface area contributed by atoms with Crippen molar-refractivity contribution < 1.29 is 9.47 Å². The highest BCUT2D eigenvalue weighted by molar-refractivity contribution is 6.32. The van der Waals surface area contributed by atoms with Crippen LogP contribution in [0.4, 0.5) is 11.4 Å². The molecule has 7 heteroatoms. The van der Waals surface area contributed by atoms with Crippen molar-refractivity contribution in [2.75, 3.05) is 19.5 Å². The van der Waals surface area contributed by atoms with E-state index in [-0.39, 0.29) is 0 Å². The molecule has 0 atom stereocenters. The molecule has 0 aliphatic carbocycles. The van der Waals surface area contributed by atoms with Crippen molar-refractivity contribution in [1.82, 2.24) is 15.0 Å². The van der Waals surface area contributed by atoms with Gasteiger partial charge in [0, 0.05) is 28.7 Å². The lowest BCUT2D eigenvalue weighted by Gasteiger charge is -2.16. The Labute approximate surface area is 155 Å². The number of nitrogens with zero attached hydrogens (tertiary/aromatic N) is 2. The molecule has 2 aromatic heterocycles.